The minimum atomic E-state index is -0.381. The van der Waals surface area contributed by atoms with Crippen LogP contribution in [0.1, 0.15) is 25.3 Å². The minimum Gasteiger partial charge on any atom is -0.493 e. The molecule has 0 heterocycles. The Balaban J connectivity index is 2.53. The lowest BCUT2D eigenvalue weighted by Gasteiger charge is -2.11. The van der Waals surface area contributed by atoms with Crippen LogP contribution in [-0.2, 0) is 16.1 Å². The molecular weight excluding hydrogens is 246 g/mol. The summed E-state index contributed by atoms with van der Waals surface area (Å²) in [5, 5.41) is 0. The molecule has 0 unspecified atom stereocenters. The fourth-order valence-electron chi connectivity index (χ4n) is 1.47. The number of carbonyl (C=O) groups excluding carboxylic acids is 1. The Morgan fingerprint density at radius 3 is 2.74 bits per heavy atom. The molecule has 0 aromatic heterocycles. The molecule has 0 spiro atoms. The number of nitrogens with two attached hydrogens (primary N) is 1. The Morgan fingerprint density at radius 1 is 1.32 bits per heavy atom. The molecule has 5 nitrogen and oxygen atoms in total. The van der Waals surface area contributed by atoms with Crippen molar-refractivity contribution in [1.29, 1.82) is 0 Å². The summed E-state index contributed by atoms with van der Waals surface area (Å²) in [7, 11) is 1.55. The van der Waals surface area contributed by atoms with E-state index in [1.54, 1.807) is 19.2 Å². The fraction of sp³-hybridized carbons (Fsp3) is 0.500. The van der Waals surface area contributed by atoms with Gasteiger partial charge in [-0.05, 0) is 24.1 Å². The first kappa shape index (κ1) is 15.3. The molecule has 0 aliphatic carbocycles. The standard InChI is InChI=1S/C14H21NO4/c1-3-4-7-18-14(16)10-19-13-8-11(9-15)5-6-12(13)17-2/h5-6,8H,3-4,7,9-10,15H2,1-2H3. The predicted molar refractivity (Wildman–Crippen MR) is 72.2 cm³/mol. The van der Waals surface area contributed by atoms with Crippen molar-refractivity contribution in [1.82, 2.24) is 0 Å². The summed E-state index contributed by atoms with van der Waals surface area (Å²) in [4.78, 5) is 11.4. The van der Waals surface area contributed by atoms with Gasteiger partial charge < -0.3 is 19.9 Å². The van der Waals surface area contributed by atoms with Crippen molar-refractivity contribution in [2.45, 2.75) is 26.3 Å². The summed E-state index contributed by atoms with van der Waals surface area (Å²) in [6, 6.07) is 5.38. The molecule has 2 N–H and O–H groups in total. The first-order valence-corrected chi connectivity index (χ1v) is 6.36. The second-order valence-electron chi connectivity index (χ2n) is 4.05. The number of carbonyl (C=O) groups is 1. The lowest BCUT2D eigenvalue weighted by atomic mass is 10.2. The van der Waals surface area contributed by atoms with Gasteiger partial charge in [0, 0.05) is 6.54 Å². The van der Waals surface area contributed by atoms with Crippen LogP contribution in [0, 0.1) is 0 Å². The van der Waals surface area contributed by atoms with Crippen molar-refractivity contribution in [2.75, 3.05) is 20.3 Å². The molecule has 0 saturated carbocycles. The number of hydrogen-bond donors (Lipinski definition) is 1. The third-order valence-electron chi connectivity index (χ3n) is 2.57. The van der Waals surface area contributed by atoms with Crippen LogP contribution in [-0.4, -0.2) is 26.3 Å². The zero-order chi connectivity index (χ0) is 14.1. The molecule has 1 aromatic rings. The monoisotopic (exact) mass is 267 g/mol. The van der Waals surface area contributed by atoms with Crippen LogP contribution in [0.4, 0.5) is 0 Å². The lowest BCUT2D eigenvalue weighted by Crippen LogP contribution is -2.16. The number of rotatable bonds is 8. The van der Waals surface area contributed by atoms with Gasteiger partial charge in [0.15, 0.2) is 18.1 Å². The van der Waals surface area contributed by atoms with E-state index in [1.165, 1.54) is 0 Å². The van der Waals surface area contributed by atoms with Gasteiger partial charge in [-0.25, -0.2) is 4.79 Å². The van der Waals surface area contributed by atoms with Crippen LogP contribution in [0.3, 0.4) is 0 Å². The van der Waals surface area contributed by atoms with Gasteiger partial charge in [-0.2, -0.15) is 0 Å². The average Bonchev–Trinajstić information content (AvgIpc) is 2.45. The van der Waals surface area contributed by atoms with Crippen LogP contribution < -0.4 is 15.2 Å². The number of benzene rings is 1. The normalized spacial score (nSPS) is 10.1. The first-order valence-electron chi connectivity index (χ1n) is 6.36. The maximum absolute atomic E-state index is 11.4. The van der Waals surface area contributed by atoms with Gasteiger partial charge in [0.05, 0.1) is 13.7 Å². The molecule has 1 aromatic carbocycles. The van der Waals surface area contributed by atoms with Crippen molar-refractivity contribution in [3.8, 4) is 11.5 Å². The van der Waals surface area contributed by atoms with Crippen LogP contribution >= 0.6 is 0 Å². The van der Waals surface area contributed by atoms with Gasteiger partial charge in [-0.15, -0.1) is 0 Å². The molecule has 0 bridgehead atoms. The molecule has 0 aliphatic heterocycles. The predicted octanol–water partition coefficient (Wildman–Crippen LogP) is 1.88. The number of methoxy groups -OCH3 is 1. The summed E-state index contributed by atoms with van der Waals surface area (Å²) in [5.41, 5.74) is 6.47. The zero-order valence-corrected chi connectivity index (χ0v) is 11.5. The van der Waals surface area contributed by atoms with Crippen molar-refractivity contribution in [2.24, 2.45) is 5.73 Å². The molecule has 106 valence electrons. The highest BCUT2D eigenvalue weighted by Crippen LogP contribution is 2.27. The number of hydrogen-bond acceptors (Lipinski definition) is 5. The second-order valence-corrected chi connectivity index (χ2v) is 4.05. The maximum atomic E-state index is 11.4. The van der Waals surface area contributed by atoms with Gasteiger partial charge in [-0.3, -0.25) is 0 Å². The summed E-state index contributed by atoms with van der Waals surface area (Å²) in [5.74, 6) is 0.685. The average molecular weight is 267 g/mol. The topological polar surface area (TPSA) is 70.8 Å². The number of esters is 1. The molecule has 0 amide bonds. The Kier molecular flexibility index (Phi) is 6.74. The van der Waals surface area contributed by atoms with Crippen molar-refractivity contribution in [3.63, 3.8) is 0 Å². The SMILES string of the molecule is CCCCOC(=O)COc1cc(CN)ccc1OC. The summed E-state index contributed by atoms with van der Waals surface area (Å²) >= 11 is 0. The molecular formula is C14H21NO4. The van der Waals surface area contributed by atoms with E-state index in [2.05, 4.69) is 0 Å². The molecule has 0 atom stereocenters. The third kappa shape index (κ3) is 5.18. The highest BCUT2D eigenvalue weighted by molar-refractivity contribution is 5.71. The van der Waals surface area contributed by atoms with Gasteiger partial charge in [0.2, 0.25) is 0 Å². The quantitative estimate of drug-likeness (QED) is 0.575. The van der Waals surface area contributed by atoms with Crippen LogP contribution in [0.5, 0.6) is 11.5 Å². The highest BCUT2D eigenvalue weighted by Gasteiger charge is 2.09. The molecule has 0 saturated heterocycles. The molecule has 0 aliphatic rings. The van der Waals surface area contributed by atoms with E-state index in [0.29, 0.717) is 24.7 Å². The molecule has 0 radical (unpaired) electrons. The molecule has 1 rings (SSSR count). The van der Waals surface area contributed by atoms with E-state index in [1.807, 2.05) is 13.0 Å². The van der Waals surface area contributed by atoms with Crippen molar-refractivity contribution < 1.29 is 19.0 Å². The lowest BCUT2D eigenvalue weighted by molar-refractivity contribution is -0.146. The fourth-order valence-corrected chi connectivity index (χ4v) is 1.47. The zero-order valence-electron chi connectivity index (χ0n) is 11.5. The smallest absolute Gasteiger partial charge is 0.344 e. The molecule has 5 heteroatoms. The van der Waals surface area contributed by atoms with Crippen LogP contribution in [0.15, 0.2) is 18.2 Å². The minimum absolute atomic E-state index is 0.131. The van der Waals surface area contributed by atoms with Gasteiger partial charge in [0.25, 0.3) is 0 Å². The largest absolute Gasteiger partial charge is 0.493 e. The van der Waals surface area contributed by atoms with E-state index in [4.69, 9.17) is 19.9 Å². The molecule has 0 fully saturated rings. The highest BCUT2D eigenvalue weighted by atomic mass is 16.6. The molecule has 19 heavy (non-hydrogen) atoms. The summed E-state index contributed by atoms with van der Waals surface area (Å²) in [6.45, 7) is 2.74. The second kappa shape index (κ2) is 8.37. The maximum Gasteiger partial charge on any atom is 0.344 e. The number of ether oxygens (including phenoxy) is 3. The Morgan fingerprint density at radius 2 is 2.11 bits per heavy atom. The van der Waals surface area contributed by atoms with Crippen LogP contribution in [0.2, 0.25) is 0 Å². The summed E-state index contributed by atoms with van der Waals surface area (Å²) in [6.07, 6.45) is 1.85. The van der Waals surface area contributed by atoms with Gasteiger partial charge in [0.1, 0.15) is 0 Å². The van der Waals surface area contributed by atoms with E-state index >= 15 is 0 Å². The van der Waals surface area contributed by atoms with E-state index in [0.717, 1.165) is 18.4 Å². The van der Waals surface area contributed by atoms with Crippen LogP contribution in [0.25, 0.3) is 0 Å². The van der Waals surface area contributed by atoms with Crippen molar-refractivity contribution >= 4 is 5.97 Å². The Labute approximate surface area is 113 Å². The van der Waals surface area contributed by atoms with E-state index in [9.17, 15) is 4.79 Å². The number of unbranched alkanes of at least 4 members (excludes halogenated alkanes) is 1. The Bertz CT molecular complexity index is 406. The first-order chi connectivity index (χ1) is 9.21. The van der Waals surface area contributed by atoms with E-state index in [-0.39, 0.29) is 12.6 Å². The Hall–Kier alpha value is -1.75. The van der Waals surface area contributed by atoms with E-state index < -0.39 is 0 Å². The van der Waals surface area contributed by atoms with Gasteiger partial charge >= 0.3 is 5.97 Å². The third-order valence-corrected chi connectivity index (χ3v) is 2.57. The summed E-state index contributed by atoms with van der Waals surface area (Å²) < 4.78 is 15.6. The van der Waals surface area contributed by atoms with Crippen molar-refractivity contribution in [3.05, 3.63) is 23.8 Å². The van der Waals surface area contributed by atoms with Gasteiger partial charge in [-0.1, -0.05) is 19.4 Å².